The monoisotopic (exact) mass is 241 g/mol. The van der Waals surface area contributed by atoms with Crippen molar-refractivity contribution in [2.45, 2.75) is 18.6 Å². The normalized spacial score (nSPS) is 12.2. The van der Waals surface area contributed by atoms with Gasteiger partial charge in [0.1, 0.15) is 0 Å². The summed E-state index contributed by atoms with van der Waals surface area (Å²) >= 11 is 1.86. The lowest BCUT2D eigenvalue weighted by Gasteiger charge is -2.11. The van der Waals surface area contributed by atoms with E-state index in [0.29, 0.717) is 22.6 Å². The topological polar surface area (TPSA) is 60.2 Å². The summed E-state index contributed by atoms with van der Waals surface area (Å²) in [7, 11) is 1.60. The summed E-state index contributed by atoms with van der Waals surface area (Å²) in [4.78, 5) is 4.25. The Kier molecular flexibility index (Phi) is 5.25. The quantitative estimate of drug-likeness (QED) is 0.799. The summed E-state index contributed by atoms with van der Waals surface area (Å²) in [6.07, 6.45) is 3.20. The maximum absolute atomic E-state index is 5.81. The molecule has 3 N–H and O–H groups in total. The fraction of sp³-hybridized carbons (Fsp3) is 0.545. The Bertz CT molecular complexity index is 333. The molecule has 1 unspecified atom stereocenters. The molecule has 0 amide bonds. The number of aromatic nitrogens is 1. The van der Waals surface area contributed by atoms with Gasteiger partial charge in [-0.15, -0.1) is 0 Å². The molecule has 1 rings (SSSR count). The second kappa shape index (κ2) is 6.48. The summed E-state index contributed by atoms with van der Waals surface area (Å²) in [5.41, 5.74) is 6.46. The maximum Gasteiger partial charge on any atom is 0.215 e. The van der Waals surface area contributed by atoms with Crippen LogP contribution in [0.3, 0.4) is 0 Å². The molecule has 0 spiro atoms. The van der Waals surface area contributed by atoms with Crippen molar-refractivity contribution >= 4 is 23.3 Å². The molecule has 1 heterocycles. The van der Waals surface area contributed by atoms with Crippen molar-refractivity contribution in [3.05, 3.63) is 12.1 Å². The molecule has 90 valence electrons. The zero-order valence-corrected chi connectivity index (χ0v) is 10.8. The number of methoxy groups -OCH3 is 1. The van der Waals surface area contributed by atoms with Gasteiger partial charge in [0.2, 0.25) is 5.88 Å². The molecule has 0 radical (unpaired) electrons. The van der Waals surface area contributed by atoms with Crippen LogP contribution in [0.2, 0.25) is 0 Å². The zero-order valence-electron chi connectivity index (χ0n) is 9.99. The Morgan fingerprint density at radius 3 is 2.94 bits per heavy atom. The molecule has 0 bridgehead atoms. The lowest BCUT2D eigenvalue weighted by atomic mass is 10.3. The molecule has 0 aliphatic rings. The van der Waals surface area contributed by atoms with Crippen molar-refractivity contribution in [1.29, 1.82) is 0 Å². The average Bonchev–Trinajstić information content (AvgIpc) is 2.31. The van der Waals surface area contributed by atoms with E-state index >= 15 is 0 Å². The first-order valence-corrected chi connectivity index (χ1v) is 6.53. The van der Waals surface area contributed by atoms with E-state index in [4.69, 9.17) is 10.5 Å². The molecule has 0 aromatic carbocycles. The Hall–Kier alpha value is -1.10. The number of ether oxygens (including phenoxy) is 1. The summed E-state index contributed by atoms with van der Waals surface area (Å²) in [6.45, 7) is 3.07. The van der Waals surface area contributed by atoms with Gasteiger partial charge in [-0.25, -0.2) is 0 Å². The first-order valence-electron chi connectivity index (χ1n) is 5.24. The van der Waals surface area contributed by atoms with Gasteiger partial charge in [-0.3, -0.25) is 0 Å². The highest BCUT2D eigenvalue weighted by Crippen LogP contribution is 2.19. The summed E-state index contributed by atoms with van der Waals surface area (Å²) in [6, 6.07) is 3.55. The summed E-state index contributed by atoms with van der Waals surface area (Å²) < 4.78 is 5.05. The van der Waals surface area contributed by atoms with Gasteiger partial charge in [0.05, 0.1) is 12.8 Å². The van der Waals surface area contributed by atoms with Gasteiger partial charge in [0.25, 0.3) is 0 Å². The number of nitrogen functional groups attached to an aromatic ring is 1. The van der Waals surface area contributed by atoms with Crippen LogP contribution in [0.5, 0.6) is 5.88 Å². The third-order valence-corrected chi connectivity index (χ3v) is 3.40. The van der Waals surface area contributed by atoms with Gasteiger partial charge in [0, 0.05) is 17.9 Å². The number of rotatable bonds is 6. The minimum Gasteiger partial charge on any atom is -0.481 e. The van der Waals surface area contributed by atoms with E-state index in [1.54, 1.807) is 19.2 Å². The standard InChI is InChI=1S/C11H19N3OS/c1-8(16-3)6-7-13-11-9(12)4-5-10(14-11)15-2/h4-5,8H,6-7,12H2,1-3H3,(H,13,14). The summed E-state index contributed by atoms with van der Waals surface area (Å²) in [5, 5.41) is 3.86. The van der Waals surface area contributed by atoms with E-state index in [2.05, 4.69) is 23.5 Å². The number of anilines is 2. The zero-order chi connectivity index (χ0) is 12.0. The number of hydrogen-bond donors (Lipinski definition) is 2. The van der Waals surface area contributed by atoms with Gasteiger partial charge in [-0.1, -0.05) is 6.92 Å². The van der Waals surface area contributed by atoms with E-state index in [0.717, 1.165) is 13.0 Å². The Balaban J connectivity index is 2.52. The van der Waals surface area contributed by atoms with Crippen molar-refractivity contribution in [2.75, 3.05) is 31.0 Å². The lowest BCUT2D eigenvalue weighted by Crippen LogP contribution is -2.10. The molecule has 1 aromatic heterocycles. The van der Waals surface area contributed by atoms with Gasteiger partial charge in [-0.2, -0.15) is 16.7 Å². The van der Waals surface area contributed by atoms with Crippen molar-refractivity contribution in [3.8, 4) is 5.88 Å². The van der Waals surface area contributed by atoms with Crippen molar-refractivity contribution in [3.63, 3.8) is 0 Å². The number of nitrogens with one attached hydrogen (secondary N) is 1. The van der Waals surface area contributed by atoms with E-state index < -0.39 is 0 Å². The van der Waals surface area contributed by atoms with Crippen LogP contribution in [-0.2, 0) is 0 Å². The molecule has 0 saturated heterocycles. The lowest BCUT2D eigenvalue weighted by molar-refractivity contribution is 0.398. The van der Waals surface area contributed by atoms with Gasteiger partial charge in [0.15, 0.2) is 5.82 Å². The Labute approximate surface area is 101 Å². The first kappa shape index (κ1) is 13.0. The van der Waals surface area contributed by atoms with Crippen LogP contribution >= 0.6 is 11.8 Å². The second-order valence-electron chi connectivity index (χ2n) is 3.55. The molecule has 0 aliphatic carbocycles. The smallest absolute Gasteiger partial charge is 0.215 e. The van der Waals surface area contributed by atoms with Gasteiger partial charge < -0.3 is 15.8 Å². The third kappa shape index (κ3) is 3.81. The fourth-order valence-electron chi connectivity index (χ4n) is 1.22. The van der Waals surface area contributed by atoms with Crippen molar-refractivity contribution in [1.82, 2.24) is 4.98 Å². The highest BCUT2D eigenvalue weighted by Gasteiger charge is 2.04. The van der Waals surface area contributed by atoms with Crippen molar-refractivity contribution in [2.24, 2.45) is 0 Å². The van der Waals surface area contributed by atoms with Crippen molar-refractivity contribution < 1.29 is 4.74 Å². The number of nitrogens with zero attached hydrogens (tertiary/aromatic N) is 1. The van der Waals surface area contributed by atoms with Crippen LogP contribution in [0.15, 0.2) is 12.1 Å². The van der Waals surface area contributed by atoms with Crippen LogP contribution in [0.1, 0.15) is 13.3 Å². The second-order valence-corrected chi connectivity index (χ2v) is 4.83. The SMILES string of the molecule is COc1ccc(N)c(NCCC(C)SC)n1. The van der Waals surface area contributed by atoms with Gasteiger partial charge >= 0.3 is 0 Å². The molecule has 1 aromatic rings. The molecule has 0 fully saturated rings. The minimum atomic E-state index is 0.578. The predicted molar refractivity (Wildman–Crippen MR) is 71.3 cm³/mol. The van der Waals surface area contributed by atoms with E-state index in [9.17, 15) is 0 Å². The molecule has 16 heavy (non-hydrogen) atoms. The number of pyridine rings is 1. The minimum absolute atomic E-state index is 0.578. The van der Waals surface area contributed by atoms with Gasteiger partial charge in [-0.05, 0) is 18.7 Å². The predicted octanol–water partition coefficient (Wildman–Crippen LogP) is 2.23. The van der Waals surface area contributed by atoms with E-state index in [-0.39, 0.29) is 0 Å². The largest absolute Gasteiger partial charge is 0.481 e. The number of thioether (sulfide) groups is 1. The molecule has 5 heteroatoms. The van der Waals surface area contributed by atoms with Crippen LogP contribution in [0.4, 0.5) is 11.5 Å². The fourth-order valence-corrected chi connectivity index (χ4v) is 1.57. The van der Waals surface area contributed by atoms with Crippen LogP contribution in [-0.4, -0.2) is 30.1 Å². The molecule has 0 aliphatic heterocycles. The van der Waals surface area contributed by atoms with E-state index in [1.807, 2.05) is 11.8 Å². The maximum atomic E-state index is 5.81. The molecule has 0 saturated carbocycles. The van der Waals surface area contributed by atoms with Crippen LogP contribution in [0, 0.1) is 0 Å². The highest BCUT2D eigenvalue weighted by molar-refractivity contribution is 7.99. The molecular formula is C11H19N3OS. The van der Waals surface area contributed by atoms with Crippen LogP contribution in [0.25, 0.3) is 0 Å². The number of hydrogen-bond acceptors (Lipinski definition) is 5. The molecule has 4 nitrogen and oxygen atoms in total. The summed E-state index contributed by atoms with van der Waals surface area (Å²) in [5.74, 6) is 1.28. The molecular weight excluding hydrogens is 222 g/mol. The average molecular weight is 241 g/mol. The highest BCUT2D eigenvalue weighted by atomic mass is 32.2. The number of nitrogens with two attached hydrogens (primary N) is 1. The Morgan fingerprint density at radius 2 is 2.31 bits per heavy atom. The third-order valence-electron chi connectivity index (χ3n) is 2.36. The first-order chi connectivity index (χ1) is 7.67. The molecule has 1 atom stereocenters. The Morgan fingerprint density at radius 1 is 1.56 bits per heavy atom. The van der Waals surface area contributed by atoms with E-state index in [1.165, 1.54) is 0 Å². The van der Waals surface area contributed by atoms with Crippen LogP contribution < -0.4 is 15.8 Å².